The van der Waals surface area contributed by atoms with Crippen LogP contribution in [0.4, 0.5) is 0 Å². The van der Waals surface area contributed by atoms with E-state index in [1.54, 1.807) is 11.5 Å². The zero-order valence-electron chi connectivity index (χ0n) is 14.3. The summed E-state index contributed by atoms with van der Waals surface area (Å²) >= 11 is 0. The molecule has 2 aromatic rings. The van der Waals surface area contributed by atoms with Gasteiger partial charge in [-0.15, -0.1) is 10.2 Å². The Kier molecular flexibility index (Phi) is 5.24. The van der Waals surface area contributed by atoms with Crippen LogP contribution < -0.4 is 0 Å². The van der Waals surface area contributed by atoms with Gasteiger partial charge in [0, 0.05) is 0 Å². The minimum absolute atomic E-state index is 0.0766. The highest BCUT2D eigenvalue weighted by Crippen LogP contribution is 2.22. The maximum Gasteiger partial charge on any atom is 0.250 e. The Morgan fingerprint density at radius 3 is 2.35 bits per heavy atom. The summed E-state index contributed by atoms with van der Waals surface area (Å²) in [5.41, 5.74) is 1.16. The molecule has 1 aromatic heterocycles. The predicted molar refractivity (Wildman–Crippen MR) is 91.0 cm³/mol. The molecule has 0 unspecified atom stereocenters. The topological polar surface area (TPSA) is 64.8 Å². The van der Waals surface area contributed by atoms with E-state index in [4.69, 9.17) is 0 Å². The van der Waals surface area contributed by atoms with Crippen molar-refractivity contribution in [2.24, 2.45) is 5.41 Å². The van der Waals surface area contributed by atoms with Crippen molar-refractivity contribution >= 4 is 9.84 Å². The minimum atomic E-state index is -3.42. The van der Waals surface area contributed by atoms with E-state index in [-0.39, 0.29) is 16.3 Å². The Balaban J connectivity index is 2.19. The van der Waals surface area contributed by atoms with Gasteiger partial charge in [-0.05, 0) is 30.7 Å². The summed E-state index contributed by atoms with van der Waals surface area (Å²) in [6.07, 6.45) is 1.49. The van der Waals surface area contributed by atoms with Crippen LogP contribution in [0.2, 0.25) is 0 Å². The second-order valence-corrected chi connectivity index (χ2v) is 9.09. The van der Waals surface area contributed by atoms with E-state index in [9.17, 15) is 8.42 Å². The molecule has 0 aliphatic heterocycles. The van der Waals surface area contributed by atoms with Crippen LogP contribution in [0.25, 0.3) is 0 Å². The number of benzene rings is 1. The first-order valence-electron chi connectivity index (χ1n) is 7.85. The lowest BCUT2D eigenvalue weighted by Gasteiger charge is -2.17. The van der Waals surface area contributed by atoms with Crippen LogP contribution >= 0.6 is 0 Å². The first-order chi connectivity index (χ1) is 10.7. The van der Waals surface area contributed by atoms with Gasteiger partial charge < -0.3 is 0 Å². The number of rotatable bonds is 6. The van der Waals surface area contributed by atoms with Gasteiger partial charge in [0.1, 0.15) is 5.82 Å². The molecule has 23 heavy (non-hydrogen) atoms. The second-order valence-electron chi connectivity index (χ2n) is 7.08. The molecule has 1 heterocycles. The molecule has 0 atom stereocenters. The summed E-state index contributed by atoms with van der Waals surface area (Å²) in [6.45, 7) is 8.59. The summed E-state index contributed by atoms with van der Waals surface area (Å²) in [5.74, 6) is 0.722. The molecule has 2 rings (SSSR count). The lowest BCUT2D eigenvalue weighted by molar-refractivity contribution is 0.373. The molecule has 0 amide bonds. The van der Waals surface area contributed by atoms with Crippen LogP contribution in [0.15, 0.2) is 35.5 Å². The molecular formula is C17H25N3O2S. The average Bonchev–Trinajstić information content (AvgIpc) is 2.80. The van der Waals surface area contributed by atoms with Crippen LogP contribution in [0, 0.1) is 12.3 Å². The number of aryl methyl sites for hydroxylation is 1. The molecule has 0 bridgehead atoms. The Hall–Kier alpha value is -1.69. The van der Waals surface area contributed by atoms with Crippen molar-refractivity contribution in [3.8, 4) is 0 Å². The number of hydrogen-bond donors (Lipinski definition) is 0. The molecule has 0 spiro atoms. The number of aromatic nitrogens is 3. The minimum Gasteiger partial charge on any atom is -0.298 e. The quantitative estimate of drug-likeness (QED) is 0.813. The van der Waals surface area contributed by atoms with Gasteiger partial charge in [0.15, 0.2) is 0 Å². The van der Waals surface area contributed by atoms with Gasteiger partial charge in [-0.2, -0.15) is 0 Å². The number of sulfone groups is 1. The first kappa shape index (κ1) is 17.7. The van der Waals surface area contributed by atoms with Crippen molar-refractivity contribution < 1.29 is 8.42 Å². The van der Waals surface area contributed by atoms with Crippen molar-refractivity contribution in [1.82, 2.24) is 14.8 Å². The zero-order chi connectivity index (χ0) is 17.1. The zero-order valence-corrected chi connectivity index (χ0v) is 15.1. The van der Waals surface area contributed by atoms with Crippen molar-refractivity contribution in [1.29, 1.82) is 0 Å². The molecule has 6 heteroatoms. The Morgan fingerprint density at radius 1 is 1.09 bits per heavy atom. The largest absolute Gasteiger partial charge is 0.298 e. The molecule has 0 saturated heterocycles. The van der Waals surface area contributed by atoms with Crippen LogP contribution in [0.5, 0.6) is 0 Å². The Bertz CT molecular complexity index is 744. The van der Waals surface area contributed by atoms with Crippen LogP contribution in [-0.4, -0.2) is 28.9 Å². The van der Waals surface area contributed by atoms with E-state index in [2.05, 4.69) is 31.0 Å². The van der Waals surface area contributed by atoms with Gasteiger partial charge >= 0.3 is 0 Å². The van der Waals surface area contributed by atoms with Crippen LogP contribution in [0.3, 0.4) is 0 Å². The van der Waals surface area contributed by atoms with Crippen LogP contribution in [0.1, 0.15) is 45.0 Å². The van der Waals surface area contributed by atoms with E-state index >= 15 is 0 Å². The standard InChI is InChI=1S/C17H25N3O2S/c1-14-18-19-16(20(14)13-15-9-6-5-7-10-15)23(21,22)12-8-11-17(2,3)4/h5-7,9-10H,8,11-13H2,1-4H3. The fourth-order valence-corrected chi connectivity index (χ4v) is 3.83. The summed E-state index contributed by atoms with van der Waals surface area (Å²) in [6, 6.07) is 9.75. The molecule has 0 radical (unpaired) electrons. The highest BCUT2D eigenvalue weighted by Gasteiger charge is 2.24. The summed E-state index contributed by atoms with van der Waals surface area (Å²) in [7, 11) is -3.42. The SMILES string of the molecule is Cc1nnc(S(=O)(=O)CCCC(C)(C)C)n1Cc1ccccc1. The number of hydrogen-bond acceptors (Lipinski definition) is 4. The maximum absolute atomic E-state index is 12.6. The van der Waals surface area contributed by atoms with Crippen LogP contribution in [-0.2, 0) is 16.4 Å². The molecule has 0 aliphatic carbocycles. The van der Waals surface area contributed by atoms with Gasteiger partial charge in [-0.3, -0.25) is 4.57 Å². The highest BCUT2D eigenvalue weighted by atomic mass is 32.2. The van der Waals surface area contributed by atoms with Crippen molar-refractivity contribution in [2.45, 2.75) is 52.2 Å². The predicted octanol–water partition coefficient (Wildman–Crippen LogP) is 3.23. The lowest BCUT2D eigenvalue weighted by atomic mass is 9.91. The third kappa shape index (κ3) is 4.89. The lowest BCUT2D eigenvalue weighted by Crippen LogP contribution is -2.17. The maximum atomic E-state index is 12.6. The monoisotopic (exact) mass is 335 g/mol. The Morgan fingerprint density at radius 2 is 1.74 bits per heavy atom. The summed E-state index contributed by atoms with van der Waals surface area (Å²) in [5, 5.41) is 7.97. The smallest absolute Gasteiger partial charge is 0.250 e. The molecule has 0 aliphatic rings. The van der Waals surface area contributed by atoms with Crippen molar-refractivity contribution in [3.05, 3.63) is 41.7 Å². The molecule has 0 fully saturated rings. The fraction of sp³-hybridized carbons (Fsp3) is 0.529. The molecule has 0 N–H and O–H groups in total. The van der Waals surface area contributed by atoms with Gasteiger partial charge in [0.25, 0.3) is 0 Å². The van der Waals surface area contributed by atoms with Gasteiger partial charge in [-0.1, -0.05) is 51.1 Å². The first-order valence-corrected chi connectivity index (χ1v) is 9.51. The van der Waals surface area contributed by atoms with E-state index in [0.717, 1.165) is 12.0 Å². The molecule has 0 saturated carbocycles. The third-order valence-corrected chi connectivity index (χ3v) is 5.39. The molecule has 126 valence electrons. The normalized spacial score (nSPS) is 12.5. The third-order valence-electron chi connectivity index (χ3n) is 3.70. The number of nitrogens with zero attached hydrogens (tertiary/aromatic N) is 3. The van der Waals surface area contributed by atoms with Gasteiger partial charge in [-0.25, -0.2) is 8.42 Å². The highest BCUT2D eigenvalue weighted by molar-refractivity contribution is 7.91. The van der Waals surface area contributed by atoms with E-state index in [0.29, 0.717) is 18.8 Å². The fourth-order valence-electron chi connectivity index (χ4n) is 2.42. The summed E-state index contributed by atoms with van der Waals surface area (Å²) < 4.78 is 26.9. The van der Waals surface area contributed by atoms with E-state index in [1.807, 2.05) is 30.3 Å². The van der Waals surface area contributed by atoms with Gasteiger partial charge in [0.05, 0.1) is 12.3 Å². The molecule has 1 aromatic carbocycles. The second kappa shape index (κ2) is 6.83. The average molecular weight is 335 g/mol. The van der Waals surface area contributed by atoms with Crippen molar-refractivity contribution in [3.63, 3.8) is 0 Å². The van der Waals surface area contributed by atoms with E-state index < -0.39 is 9.84 Å². The summed E-state index contributed by atoms with van der Waals surface area (Å²) in [4.78, 5) is 0. The van der Waals surface area contributed by atoms with Gasteiger partial charge in [0.2, 0.25) is 15.0 Å². The van der Waals surface area contributed by atoms with E-state index in [1.165, 1.54) is 0 Å². The Labute approximate surface area is 138 Å². The molecule has 5 nitrogen and oxygen atoms in total. The molecular weight excluding hydrogens is 310 g/mol. The van der Waals surface area contributed by atoms with Crippen molar-refractivity contribution in [2.75, 3.05) is 5.75 Å².